The first-order chi connectivity index (χ1) is 12.0. The normalized spacial score (nSPS) is 14.4. The van der Waals surface area contributed by atoms with Gasteiger partial charge in [0.15, 0.2) is 0 Å². The first kappa shape index (κ1) is 17.4. The second-order valence-electron chi connectivity index (χ2n) is 6.88. The molecule has 1 atom stereocenters. The number of aromatic nitrogens is 1. The Morgan fingerprint density at radius 3 is 2.72 bits per heavy atom. The van der Waals surface area contributed by atoms with Gasteiger partial charge in [0.2, 0.25) is 0 Å². The number of carbonyl (C=O) groups excluding carboxylic acids is 2. The number of rotatable bonds is 5. The Labute approximate surface area is 147 Å². The Morgan fingerprint density at radius 1 is 1.20 bits per heavy atom. The van der Waals surface area contributed by atoms with Crippen molar-refractivity contribution in [1.82, 2.24) is 10.3 Å². The number of benzene rings is 1. The van der Waals surface area contributed by atoms with Gasteiger partial charge in [0.05, 0.1) is 23.1 Å². The van der Waals surface area contributed by atoms with E-state index in [0.717, 1.165) is 41.4 Å². The highest BCUT2D eigenvalue weighted by molar-refractivity contribution is 6.07. The average Bonchev–Trinajstić information content (AvgIpc) is 3.04. The van der Waals surface area contributed by atoms with Crippen molar-refractivity contribution in [2.75, 3.05) is 6.54 Å². The first-order valence-electron chi connectivity index (χ1n) is 8.86. The molecule has 1 aromatic carbocycles. The number of carbonyl (C=O) groups is 2. The van der Waals surface area contributed by atoms with E-state index in [1.165, 1.54) is 0 Å². The van der Waals surface area contributed by atoms with Crippen LogP contribution in [0.25, 0.3) is 10.9 Å². The fraction of sp³-hybridized carbons (Fsp3) is 0.450. The Kier molecular flexibility index (Phi) is 5.02. The number of aryl methyl sites for hydroxylation is 1. The van der Waals surface area contributed by atoms with E-state index in [1.807, 2.05) is 38.1 Å². The summed E-state index contributed by atoms with van der Waals surface area (Å²) in [4.78, 5) is 29.5. The molecular formula is C20H24N2O3. The predicted octanol–water partition coefficient (Wildman–Crippen LogP) is 3.04. The summed E-state index contributed by atoms with van der Waals surface area (Å²) in [6, 6.07) is 7.73. The quantitative estimate of drug-likeness (QED) is 0.850. The highest BCUT2D eigenvalue weighted by Gasteiger charge is 2.24. The van der Waals surface area contributed by atoms with Gasteiger partial charge in [-0.2, -0.15) is 0 Å². The molecular weight excluding hydrogens is 316 g/mol. The minimum atomic E-state index is -0.382. The Morgan fingerprint density at radius 2 is 1.96 bits per heavy atom. The SMILES string of the molecule is CC(C)OC(=O)C(C)CNC(=O)c1c2c(nc3ccccc13)CCC2. The predicted molar refractivity (Wildman–Crippen MR) is 96.5 cm³/mol. The van der Waals surface area contributed by atoms with E-state index in [9.17, 15) is 9.59 Å². The highest BCUT2D eigenvalue weighted by atomic mass is 16.5. The molecule has 1 heterocycles. The van der Waals surface area contributed by atoms with Crippen LogP contribution in [0.5, 0.6) is 0 Å². The average molecular weight is 340 g/mol. The van der Waals surface area contributed by atoms with E-state index in [4.69, 9.17) is 9.72 Å². The number of pyridine rings is 1. The maximum absolute atomic E-state index is 12.9. The topological polar surface area (TPSA) is 68.3 Å². The summed E-state index contributed by atoms with van der Waals surface area (Å²) < 4.78 is 5.19. The number of para-hydroxylation sites is 1. The van der Waals surface area contributed by atoms with Gasteiger partial charge in [-0.1, -0.05) is 25.1 Å². The standard InChI is InChI=1S/C20H24N2O3/c1-12(2)25-20(24)13(3)11-21-19(23)18-14-7-4-5-9-16(14)22-17-10-6-8-15(17)18/h4-5,7,9,12-13H,6,8,10-11H2,1-3H3,(H,21,23). The molecule has 0 saturated carbocycles. The van der Waals surface area contributed by atoms with Crippen LogP contribution in [0.2, 0.25) is 0 Å². The molecule has 1 N–H and O–H groups in total. The molecule has 0 saturated heterocycles. The molecule has 1 aliphatic carbocycles. The molecule has 0 radical (unpaired) electrons. The monoisotopic (exact) mass is 340 g/mol. The zero-order valence-corrected chi connectivity index (χ0v) is 15.0. The number of ether oxygens (including phenoxy) is 1. The van der Waals surface area contributed by atoms with Gasteiger partial charge in [-0.3, -0.25) is 14.6 Å². The van der Waals surface area contributed by atoms with Gasteiger partial charge in [-0.05, 0) is 44.7 Å². The number of hydrogen-bond donors (Lipinski definition) is 1. The summed E-state index contributed by atoms with van der Waals surface area (Å²) in [5, 5.41) is 3.78. The molecule has 0 bridgehead atoms. The largest absolute Gasteiger partial charge is 0.463 e. The van der Waals surface area contributed by atoms with Crippen LogP contribution in [-0.4, -0.2) is 29.5 Å². The van der Waals surface area contributed by atoms with Crippen LogP contribution < -0.4 is 5.32 Å². The number of hydrogen-bond acceptors (Lipinski definition) is 4. The number of fused-ring (bicyclic) bond motifs is 2. The highest BCUT2D eigenvalue weighted by Crippen LogP contribution is 2.29. The smallest absolute Gasteiger partial charge is 0.310 e. The molecule has 0 spiro atoms. The second kappa shape index (κ2) is 7.21. The lowest BCUT2D eigenvalue weighted by Gasteiger charge is -2.16. The van der Waals surface area contributed by atoms with E-state index in [-0.39, 0.29) is 30.4 Å². The molecule has 1 aromatic heterocycles. The van der Waals surface area contributed by atoms with Crippen LogP contribution in [0.1, 0.15) is 48.8 Å². The Bertz CT molecular complexity index is 814. The summed E-state index contributed by atoms with van der Waals surface area (Å²) in [7, 11) is 0. The second-order valence-corrected chi connectivity index (χ2v) is 6.88. The van der Waals surface area contributed by atoms with E-state index < -0.39 is 0 Å². The molecule has 1 amide bonds. The third-order valence-electron chi connectivity index (χ3n) is 4.47. The molecule has 1 aliphatic rings. The van der Waals surface area contributed by atoms with Crippen molar-refractivity contribution in [3.05, 3.63) is 41.1 Å². The minimum Gasteiger partial charge on any atom is -0.463 e. The van der Waals surface area contributed by atoms with Crippen molar-refractivity contribution in [1.29, 1.82) is 0 Å². The van der Waals surface area contributed by atoms with Crippen LogP contribution in [-0.2, 0) is 22.4 Å². The van der Waals surface area contributed by atoms with Gasteiger partial charge < -0.3 is 10.1 Å². The van der Waals surface area contributed by atoms with Gasteiger partial charge in [-0.25, -0.2) is 0 Å². The molecule has 5 nitrogen and oxygen atoms in total. The molecule has 2 aromatic rings. The van der Waals surface area contributed by atoms with Gasteiger partial charge in [0.1, 0.15) is 0 Å². The molecule has 0 fully saturated rings. The van der Waals surface area contributed by atoms with Crippen molar-refractivity contribution >= 4 is 22.8 Å². The van der Waals surface area contributed by atoms with Crippen LogP contribution in [0, 0.1) is 5.92 Å². The zero-order chi connectivity index (χ0) is 18.0. The van der Waals surface area contributed by atoms with Crippen molar-refractivity contribution in [2.24, 2.45) is 5.92 Å². The third-order valence-corrected chi connectivity index (χ3v) is 4.47. The Hall–Kier alpha value is -2.43. The Balaban J connectivity index is 1.82. The lowest BCUT2D eigenvalue weighted by Crippen LogP contribution is -2.33. The molecule has 5 heteroatoms. The third kappa shape index (κ3) is 3.65. The van der Waals surface area contributed by atoms with Crippen molar-refractivity contribution < 1.29 is 14.3 Å². The van der Waals surface area contributed by atoms with E-state index in [0.29, 0.717) is 5.56 Å². The summed E-state index contributed by atoms with van der Waals surface area (Å²) >= 11 is 0. The van der Waals surface area contributed by atoms with Crippen molar-refractivity contribution in [3.63, 3.8) is 0 Å². The van der Waals surface area contributed by atoms with Crippen LogP contribution >= 0.6 is 0 Å². The number of nitrogens with zero attached hydrogens (tertiary/aromatic N) is 1. The van der Waals surface area contributed by atoms with Gasteiger partial charge in [-0.15, -0.1) is 0 Å². The number of esters is 1. The van der Waals surface area contributed by atoms with Gasteiger partial charge in [0.25, 0.3) is 5.91 Å². The summed E-state index contributed by atoms with van der Waals surface area (Å²) in [6.07, 6.45) is 2.66. The maximum atomic E-state index is 12.9. The maximum Gasteiger partial charge on any atom is 0.310 e. The lowest BCUT2D eigenvalue weighted by atomic mass is 10.0. The van der Waals surface area contributed by atoms with E-state index in [2.05, 4.69) is 5.32 Å². The van der Waals surface area contributed by atoms with Crippen LogP contribution in [0.15, 0.2) is 24.3 Å². The van der Waals surface area contributed by atoms with Gasteiger partial charge in [0, 0.05) is 17.6 Å². The fourth-order valence-corrected chi connectivity index (χ4v) is 3.24. The summed E-state index contributed by atoms with van der Waals surface area (Å²) in [5.41, 5.74) is 3.63. The zero-order valence-electron chi connectivity index (χ0n) is 15.0. The molecule has 1 unspecified atom stereocenters. The fourth-order valence-electron chi connectivity index (χ4n) is 3.24. The summed E-state index contributed by atoms with van der Waals surface area (Å²) in [5.74, 6) is -0.812. The van der Waals surface area contributed by atoms with E-state index >= 15 is 0 Å². The number of nitrogens with one attached hydrogen (secondary N) is 1. The van der Waals surface area contributed by atoms with Gasteiger partial charge >= 0.3 is 5.97 Å². The van der Waals surface area contributed by atoms with Crippen molar-refractivity contribution in [2.45, 2.75) is 46.1 Å². The van der Waals surface area contributed by atoms with Crippen LogP contribution in [0.3, 0.4) is 0 Å². The molecule has 0 aliphatic heterocycles. The van der Waals surface area contributed by atoms with Crippen molar-refractivity contribution in [3.8, 4) is 0 Å². The minimum absolute atomic E-state index is 0.138. The first-order valence-corrected chi connectivity index (χ1v) is 8.86. The lowest BCUT2D eigenvalue weighted by molar-refractivity contribution is -0.151. The van der Waals surface area contributed by atoms with E-state index in [1.54, 1.807) is 6.92 Å². The summed E-state index contributed by atoms with van der Waals surface area (Å²) in [6.45, 7) is 5.65. The molecule has 132 valence electrons. The van der Waals surface area contributed by atoms with Crippen LogP contribution in [0.4, 0.5) is 0 Å². The number of amides is 1. The molecule has 3 rings (SSSR count). The molecule has 25 heavy (non-hydrogen) atoms.